The average molecular weight is 322 g/mol. The van der Waals surface area contributed by atoms with Gasteiger partial charge in [-0.05, 0) is 62.2 Å². The third-order valence-corrected chi connectivity index (χ3v) is 7.47. The molecule has 132 valence electrons. The summed E-state index contributed by atoms with van der Waals surface area (Å²) >= 11 is 0. The van der Waals surface area contributed by atoms with E-state index in [9.17, 15) is 15.0 Å². The Morgan fingerprint density at radius 3 is 2.48 bits per heavy atom. The molecule has 2 N–H and O–H groups in total. The lowest BCUT2D eigenvalue weighted by Gasteiger charge is -2.58. The summed E-state index contributed by atoms with van der Waals surface area (Å²) in [5.41, 5.74) is -0.167. The van der Waals surface area contributed by atoms with E-state index in [1.54, 1.807) is 0 Å². The summed E-state index contributed by atoms with van der Waals surface area (Å²) in [6.45, 7) is 4.32. The lowest BCUT2D eigenvalue weighted by molar-refractivity contribution is -0.173. The quantitative estimate of drug-likeness (QED) is 0.811. The van der Waals surface area contributed by atoms with E-state index in [-0.39, 0.29) is 23.5 Å². The molecule has 5 atom stereocenters. The van der Waals surface area contributed by atoms with Gasteiger partial charge in [0, 0.05) is 11.8 Å². The monoisotopic (exact) mass is 322 g/mol. The van der Waals surface area contributed by atoms with Gasteiger partial charge in [0.05, 0.1) is 12.2 Å². The maximum Gasteiger partial charge on any atom is 0.139 e. The van der Waals surface area contributed by atoms with E-state index >= 15 is 0 Å². The van der Waals surface area contributed by atoms with Crippen molar-refractivity contribution in [3.8, 4) is 0 Å². The Morgan fingerprint density at radius 2 is 1.87 bits per heavy atom. The molecule has 0 spiro atoms. The van der Waals surface area contributed by atoms with Crippen LogP contribution in [-0.4, -0.2) is 28.2 Å². The van der Waals surface area contributed by atoms with Crippen LogP contribution >= 0.6 is 0 Å². The number of hydrogen-bond acceptors (Lipinski definition) is 3. The molecule has 0 heterocycles. The molecule has 3 saturated carbocycles. The minimum Gasteiger partial charge on any atom is -0.393 e. The van der Waals surface area contributed by atoms with Crippen LogP contribution < -0.4 is 0 Å². The average Bonchev–Trinajstić information content (AvgIpc) is 2.54. The van der Waals surface area contributed by atoms with Gasteiger partial charge in [-0.15, -0.1) is 0 Å². The van der Waals surface area contributed by atoms with Gasteiger partial charge in [0.1, 0.15) is 5.78 Å². The third kappa shape index (κ3) is 3.00. The second-order valence-corrected chi connectivity index (χ2v) is 8.74. The van der Waals surface area contributed by atoms with E-state index in [2.05, 4.69) is 13.8 Å². The van der Waals surface area contributed by atoms with Gasteiger partial charge in [-0.3, -0.25) is 4.79 Å². The van der Waals surface area contributed by atoms with Crippen molar-refractivity contribution in [3.05, 3.63) is 0 Å². The van der Waals surface area contributed by atoms with Crippen molar-refractivity contribution in [2.24, 2.45) is 29.1 Å². The first-order valence-electron chi connectivity index (χ1n) is 9.86. The molecular weight excluding hydrogens is 288 g/mol. The van der Waals surface area contributed by atoms with Gasteiger partial charge < -0.3 is 10.2 Å². The van der Waals surface area contributed by atoms with E-state index < -0.39 is 0 Å². The Bertz CT molecular complexity index is 427. The number of aliphatic hydroxyl groups excluding tert-OH is 2. The normalized spacial score (nSPS) is 39.9. The van der Waals surface area contributed by atoms with Crippen molar-refractivity contribution in [2.45, 2.75) is 90.3 Å². The molecule has 3 rings (SSSR count). The summed E-state index contributed by atoms with van der Waals surface area (Å²) in [6, 6.07) is 0. The van der Waals surface area contributed by atoms with Gasteiger partial charge >= 0.3 is 0 Å². The predicted octanol–water partition coefficient (Wildman–Crippen LogP) is 3.71. The fourth-order valence-corrected chi connectivity index (χ4v) is 5.92. The fraction of sp³-hybridized carbons (Fsp3) is 0.950. The first-order valence-corrected chi connectivity index (χ1v) is 9.86. The van der Waals surface area contributed by atoms with E-state index in [0.29, 0.717) is 30.0 Å². The molecule has 23 heavy (non-hydrogen) atoms. The van der Waals surface area contributed by atoms with Crippen LogP contribution in [0.1, 0.15) is 78.1 Å². The highest BCUT2D eigenvalue weighted by atomic mass is 16.3. The van der Waals surface area contributed by atoms with Crippen LogP contribution in [0, 0.1) is 29.1 Å². The first kappa shape index (κ1) is 17.4. The van der Waals surface area contributed by atoms with Gasteiger partial charge in [0.15, 0.2) is 0 Å². The number of rotatable bonds is 5. The summed E-state index contributed by atoms with van der Waals surface area (Å²) in [5, 5.41) is 21.0. The van der Waals surface area contributed by atoms with Gasteiger partial charge in [0.25, 0.3) is 0 Å². The maximum atomic E-state index is 12.3. The van der Waals surface area contributed by atoms with Crippen molar-refractivity contribution < 1.29 is 15.0 Å². The molecule has 0 unspecified atom stereocenters. The smallest absolute Gasteiger partial charge is 0.139 e. The molecule has 0 aromatic heterocycles. The minimum absolute atomic E-state index is 0.167. The fourth-order valence-electron chi connectivity index (χ4n) is 5.92. The Hall–Kier alpha value is -0.410. The number of Topliss-reactive ketones (excluding diaryl/α,β-unsaturated/α-hetero) is 1. The summed E-state index contributed by atoms with van der Waals surface area (Å²) in [5.74, 6) is 1.80. The van der Waals surface area contributed by atoms with Crippen molar-refractivity contribution >= 4 is 5.78 Å². The number of aliphatic hydroxyl groups is 2. The standard InChI is InChI=1S/C20H34O3/c1-13(2)20-11-10-18(22)15(16(20)12-19(20)23)8-9-17(21)14-6-4-3-5-7-14/h13-18,21-22H,3-12H2,1-2H3/t15-,16-,17-,18-,20-/m1/s1. The summed E-state index contributed by atoms with van der Waals surface area (Å²) in [6.07, 6.45) is 9.58. The van der Waals surface area contributed by atoms with Gasteiger partial charge in [-0.2, -0.15) is 0 Å². The molecule has 3 aliphatic rings. The summed E-state index contributed by atoms with van der Waals surface area (Å²) in [4.78, 5) is 12.3. The molecule has 0 aliphatic heterocycles. The largest absolute Gasteiger partial charge is 0.393 e. The van der Waals surface area contributed by atoms with Crippen LogP contribution in [0.2, 0.25) is 0 Å². The lowest BCUT2D eigenvalue weighted by Crippen LogP contribution is -2.61. The van der Waals surface area contributed by atoms with Gasteiger partial charge in [-0.1, -0.05) is 33.1 Å². The van der Waals surface area contributed by atoms with Crippen molar-refractivity contribution in [3.63, 3.8) is 0 Å². The van der Waals surface area contributed by atoms with E-state index in [1.807, 2.05) is 0 Å². The molecule has 0 aromatic rings. The van der Waals surface area contributed by atoms with Crippen LogP contribution in [0.3, 0.4) is 0 Å². The molecule has 0 bridgehead atoms. The number of carbonyl (C=O) groups is 1. The van der Waals surface area contributed by atoms with Crippen LogP contribution in [-0.2, 0) is 4.79 Å². The van der Waals surface area contributed by atoms with Crippen LogP contribution in [0.5, 0.6) is 0 Å². The second kappa shape index (κ2) is 6.84. The number of carbonyl (C=O) groups excluding carboxylic acids is 1. The Morgan fingerprint density at radius 1 is 1.17 bits per heavy atom. The molecule has 0 saturated heterocycles. The van der Waals surface area contributed by atoms with Crippen LogP contribution in [0.15, 0.2) is 0 Å². The van der Waals surface area contributed by atoms with E-state index in [4.69, 9.17) is 0 Å². The molecule has 3 aliphatic carbocycles. The van der Waals surface area contributed by atoms with Crippen molar-refractivity contribution in [1.82, 2.24) is 0 Å². The number of hydrogen-bond donors (Lipinski definition) is 2. The van der Waals surface area contributed by atoms with Gasteiger partial charge in [0.2, 0.25) is 0 Å². The lowest BCUT2D eigenvalue weighted by atomic mass is 9.45. The van der Waals surface area contributed by atoms with E-state index in [0.717, 1.165) is 38.5 Å². The molecule has 0 aromatic carbocycles. The zero-order chi connectivity index (χ0) is 16.6. The summed E-state index contributed by atoms with van der Waals surface area (Å²) in [7, 11) is 0. The number of ketones is 1. The zero-order valence-electron chi connectivity index (χ0n) is 14.8. The molecule has 3 nitrogen and oxygen atoms in total. The summed E-state index contributed by atoms with van der Waals surface area (Å²) < 4.78 is 0. The van der Waals surface area contributed by atoms with Gasteiger partial charge in [-0.25, -0.2) is 0 Å². The SMILES string of the molecule is CC(C)[C@]12CC[C@@H](O)[C@H](CC[C@@H](O)C3CCCCC3)[C@H]1CC2=O. The molecule has 3 fully saturated rings. The Balaban J connectivity index is 1.61. The highest BCUT2D eigenvalue weighted by Crippen LogP contribution is 2.60. The highest BCUT2D eigenvalue weighted by molar-refractivity contribution is 5.92. The zero-order valence-corrected chi connectivity index (χ0v) is 14.8. The molecule has 0 amide bonds. The highest BCUT2D eigenvalue weighted by Gasteiger charge is 2.61. The Kier molecular flexibility index (Phi) is 5.18. The first-order chi connectivity index (χ1) is 11.0. The minimum atomic E-state index is -0.279. The maximum absolute atomic E-state index is 12.3. The molecule has 3 heteroatoms. The predicted molar refractivity (Wildman–Crippen MR) is 90.9 cm³/mol. The van der Waals surface area contributed by atoms with Crippen molar-refractivity contribution in [2.75, 3.05) is 0 Å². The van der Waals surface area contributed by atoms with E-state index in [1.165, 1.54) is 19.3 Å². The Labute approximate surface area is 140 Å². The van der Waals surface area contributed by atoms with Crippen LogP contribution in [0.25, 0.3) is 0 Å². The third-order valence-electron chi connectivity index (χ3n) is 7.47. The molecule has 0 radical (unpaired) electrons. The topological polar surface area (TPSA) is 57.5 Å². The van der Waals surface area contributed by atoms with Crippen LogP contribution in [0.4, 0.5) is 0 Å². The number of fused-ring (bicyclic) bond motifs is 1. The van der Waals surface area contributed by atoms with Crippen molar-refractivity contribution in [1.29, 1.82) is 0 Å². The molecular formula is C20H34O3. The second-order valence-electron chi connectivity index (χ2n) is 8.74.